The molecule has 1 aromatic rings. The Kier molecular flexibility index (Phi) is 4.99. The maximum atomic E-state index is 13.4. The molecule has 3 nitrogen and oxygen atoms in total. The first kappa shape index (κ1) is 16.4. The van der Waals surface area contributed by atoms with Crippen LogP contribution in [0.3, 0.4) is 0 Å². The van der Waals surface area contributed by atoms with E-state index in [4.69, 9.17) is 0 Å². The van der Waals surface area contributed by atoms with Crippen LogP contribution in [0.2, 0.25) is 0 Å². The van der Waals surface area contributed by atoms with Crippen molar-refractivity contribution in [1.29, 1.82) is 0 Å². The van der Waals surface area contributed by atoms with Gasteiger partial charge in [0.05, 0.1) is 5.25 Å². The molecule has 6 heteroatoms. The maximum Gasteiger partial charge on any atom is 0.150 e. The minimum atomic E-state index is -3.07. The summed E-state index contributed by atoms with van der Waals surface area (Å²) in [7, 11) is -1.34. The minimum absolute atomic E-state index is 0.0599. The Bertz CT molecular complexity index is 583. The highest BCUT2D eigenvalue weighted by Gasteiger charge is 2.33. The largest absolute Gasteiger partial charge is 0.313 e. The molecule has 118 valence electrons. The molecule has 1 aromatic carbocycles. The molecule has 3 unspecified atom stereocenters. The monoisotopic (exact) mass is 317 g/mol. The van der Waals surface area contributed by atoms with Gasteiger partial charge in [0, 0.05) is 18.4 Å². The maximum absolute atomic E-state index is 13.4. The molecule has 3 atom stereocenters. The number of halogens is 2. The molecule has 1 saturated carbocycles. The van der Waals surface area contributed by atoms with Crippen LogP contribution in [0.5, 0.6) is 0 Å². The first-order valence-corrected chi connectivity index (χ1v) is 9.09. The normalized spacial score (nSPS) is 24.8. The minimum Gasteiger partial charge on any atom is -0.313 e. The highest BCUT2D eigenvalue weighted by atomic mass is 32.2. The van der Waals surface area contributed by atoms with Crippen LogP contribution in [-0.4, -0.2) is 27.0 Å². The third-order valence-electron chi connectivity index (χ3n) is 4.30. The molecule has 0 radical (unpaired) electrons. The van der Waals surface area contributed by atoms with Gasteiger partial charge in [-0.1, -0.05) is 6.42 Å². The smallest absolute Gasteiger partial charge is 0.150 e. The van der Waals surface area contributed by atoms with Gasteiger partial charge in [0.25, 0.3) is 0 Å². The van der Waals surface area contributed by atoms with Gasteiger partial charge in [-0.05, 0) is 49.9 Å². The van der Waals surface area contributed by atoms with Crippen LogP contribution in [0, 0.1) is 17.6 Å². The molecular formula is C15H21F2NO2S. The van der Waals surface area contributed by atoms with Crippen molar-refractivity contribution in [3.8, 4) is 0 Å². The Morgan fingerprint density at radius 1 is 1.19 bits per heavy atom. The average molecular weight is 317 g/mol. The van der Waals surface area contributed by atoms with Crippen molar-refractivity contribution >= 4 is 9.84 Å². The third kappa shape index (κ3) is 4.01. The molecule has 0 saturated heterocycles. The molecule has 1 N–H and O–H groups in total. The van der Waals surface area contributed by atoms with E-state index in [9.17, 15) is 17.2 Å². The lowest BCUT2D eigenvalue weighted by Crippen LogP contribution is -2.34. The first-order valence-electron chi connectivity index (χ1n) is 7.13. The molecule has 0 amide bonds. The Labute approximate surface area is 124 Å². The lowest BCUT2D eigenvalue weighted by atomic mass is 9.81. The van der Waals surface area contributed by atoms with Crippen molar-refractivity contribution < 1.29 is 17.2 Å². The predicted molar refractivity (Wildman–Crippen MR) is 78.7 cm³/mol. The number of hydrogen-bond donors (Lipinski definition) is 1. The summed E-state index contributed by atoms with van der Waals surface area (Å²) >= 11 is 0. The Hall–Kier alpha value is -1.01. The van der Waals surface area contributed by atoms with Gasteiger partial charge in [-0.25, -0.2) is 17.2 Å². The number of hydrogen-bond acceptors (Lipinski definition) is 3. The predicted octanol–water partition coefficient (Wildman–Crippen LogP) is 2.83. The van der Waals surface area contributed by atoms with Gasteiger partial charge < -0.3 is 5.32 Å². The van der Waals surface area contributed by atoms with Crippen LogP contribution >= 0.6 is 0 Å². The summed E-state index contributed by atoms with van der Waals surface area (Å²) in [6, 6.07) is 3.23. The Balaban J connectivity index is 2.24. The number of nitrogens with one attached hydrogen (secondary N) is 1. The van der Waals surface area contributed by atoms with Crippen molar-refractivity contribution in [2.75, 3.05) is 13.3 Å². The zero-order valence-electron chi connectivity index (χ0n) is 12.3. The van der Waals surface area contributed by atoms with Gasteiger partial charge in [0.15, 0.2) is 0 Å². The topological polar surface area (TPSA) is 46.2 Å². The van der Waals surface area contributed by atoms with Gasteiger partial charge in [-0.2, -0.15) is 0 Å². The fraction of sp³-hybridized carbons (Fsp3) is 0.600. The molecule has 2 rings (SSSR count). The van der Waals surface area contributed by atoms with Crippen LogP contribution in [0.25, 0.3) is 0 Å². The molecule has 1 fully saturated rings. The fourth-order valence-electron chi connectivity index (χ4n) is 3.30. The quantitative estimate of drug-likeness (QED) is 0.929. The van der Waals surface area contributed by atoms with E-state index in [0.717, 1.165) is 18.9 Å². The summed E-state index contributed by atoms with van der Waals surface area (Å²) < 4.78 is 50.3. The van der Waals surface area contributed by atoms with E-state index in [0.29, 0.717) is 18.4 Å². The van der Waals surface area contributed by atoms with Gasteiger partial charge >= 0.3 is 0 Å². The number of sulfone groups is 1. The van der Waals surface area contributed by atoms with Crippen LogP contribution < -0.4 is 5.32 Å². The highest BCUT2D eigenvalue weighted by Crippen LogP contribution is 2.37. The van der Waals surface area contributed by atoms with E-state index >= 15 is 0 Å². The standard InChI is InChI=1S/C15H21F2NO2S/c1-18-15(11-6-12(16)9-13(17)7-11)10-4-3-5-14(8-10)21(2,19)20/h6-7,9-10,14-15,18H,3-5,8H2,1-2H3. The summed E-state index contributed by atoms with van der Waals surface area (Å²) in [5.41, 5.74) is 0.536. The van der Waals surface area contributed by atoms with E-state index in [1.165, 1.54) is 18.4 Å². The SMILES string of the molecule is CNC(c1cc(F)cc(F)c1)C1CCCC(S(C)(=O)=O)C1. The fourth-order valence-corrected chi connectivity index (χ4v) is 4.49. The zero-order chi connectivity index (χ0) is 15.6. The summed E-state index contributed by atoms with van der Waals surface area (Å²) in [6.45, 7) is 0. The number of benzene rings is 1. The Morgan fingerprint density at radius 3 is 2.33 bits per heavy atom. The van der Waals surface area contributed by atoms with Crippen LogP contribution in [0.15, 0.2) is 18.2 Å². The van der Waals surface area contributed by atoms with Crippen molar-refractivity contribution in [1.82, 2.24) is 5.32 Å². The molecule has 1 aliphatic rings. The van der Waals surface area contributed by atoms with Crippen molar-refractivity contribution in [2.45, 2.75) is 37.0 Å². The van der Waals surface area contributed by atoms with Gasteiger partial charge in [-0.3, -0.25) is 0 Å². The Morgan fingerprint density at radius 2 is 1.81 bits per heavy atom. The van der Waals surface area contributed by atoms with Gasteiger partial charge in [0.2, 0.25) is 0 Å². The summed E-state index contributed by atoms with van der Waals surface area (Å²) in [6.07, 6.45) is 4.13. The second-order valence-corrected chi connectivity index (χ2v) is 8.17. The molecule has 0 aromatic heterocycles. The second-order valence-electron chi connectivity index (χ2n) is 5.85. The van der Waals surface area contributed by atoms with Crippen LogP contribution in [0.4, 0.5) is 8.78 Å². The van der Waals surface area contributed by atoms with Gasteiger partial charge in [0.1, 0.15) is 21.5 Å². The van der Waals surface area contributed by atoms with Crippen molar-refractivity contribution in [2.24, 2.45) is 5.92 Å². The molecule has 1 aliphatic carbocycles. The van der Waals surface area contributed by atoms with Crippen molar-refractivity contribution in [3.63, 3.8) is 0 Å². The molecule has 0 aliphatic heterocycles. The molecular weight excluding hydrogens is 296 g/mol. The first-order chi connectivity index (χ1) is 9.81. The second kappa shape index (κ2) is 6.40. The highest BCUT2D eigenvalue weighted by molar-refractivity contribution is 7.91. The molecule has 21 heavy (non-hydrogen) atoms. The van der Waals surface area contributed by atoms with Crippen LogP contribution in [-0.2, 0) is 9.84 Å². The van der Waals surface area contributed by atoms with Crippen LogP contribution in [0.1, 0.15) is 37.3 Å². The summed E-state index contributed by atoms with van der Waals surface area (Å²) in [5.74, 6) is -1.16. The number of rotatable bonds is 4. The molecule has 0 heterocycles. The van der Waals surface area contributed by atoms with Gasteiger partial charge in [-0.15, -0.1) is 0 Å². The summed E-state index contributed by atoms with van der Waals surface area (Å²) in [4.78, 5) is 0. The lowest BCUT2D eigenvalue weighted by molar-refractivity contribution is 0.281. The molecule has 0 spiro atoms. The molecule has 0 bridgehead atoms. The third-order valence-corrected chi connectivity index (χ3v) is 5.94. The van der Waals surface area contributed by atoms with E-state index in [1.807, 2.05) is 0 Å². The van der Waals surface area contributed by atoms with Crippen molar-refractivity contribution in [3.05, 3.63) is 35.4 Å². The lowest BCUT2D eigenvalue weighted by Gasteiger charge is -2.34. The average Bonchev–Trinajstić information content (AvgIpc) is 2.38. The van der Waals surface area contributed by atoms with E-state index in [2.05, 4.69) is 5.32 Å². The van der Waals surface area contributed by atoms with E-state index in [-0.39, 0.29) is 17.2 Å². The zero-order valence-corrected chi connectivity index (χ0v) is 13.1. The van der Waals surface area contributed by atoms with E-state index in [1.54, 1.807) is 7.05 Å². The summed E-state index contributed by atoms with van der Waals surface area (Å²) in [5, 5.41) is 2.73. The van der Waals surface area contributed by atoms with E-state index < -0.39 is 21.5 Å².